The van der Waals surface area contributed by atoms with Crippen LogP contribution in [-0.2, 0) is 4.79 Å². The molecule has 0 rings (SSSR count). The second-order valence-corrected chi connectivity index (χ2v) is 19.6. The summed E-state index contributed by atoms with van der Waals surface area (Å²) in [5.41, 5.74) is 0. The van der Waals surface area contributed by atoms with Gasteiger partial charge in [0.25, 0.3) is 0 Å². The lowest BCUT2D eigenvalue weighted by Gasteiger charge is -2.27. The molecule has 0 fully saturated rings. The zero-order valence-corrected chi connectivity index (χ0v) is 42.8. The molecule has 0 aromatic heterocycles. The van der Waals surface area contributed by atoms with Gasteiger partial charge < -0.3 is 25.7 Å². The predicted octanol–water partition coefficient (Wildman–Crippen LogP) is 16.4. The molecule has 4 unspecified atom stereocenters. The summed E-state index contributed by atoms with van der Waals surface area (Å²) in [5.74, 6) is -0.596. The zero-order chi connectivity index (χ0) is 46.7. The smallest absolute Gasteiger partial charge is 0.249 e. The number of carbonyl (C=O) groups is 1. The zero-order valence-electron chi connectivity index (χ0n) is 42.8. The van der Waals surface area contributed by atoms with Crippen LogP contribution in [0.4, 0.5) is 0 Å². The number of nitrogens with one attached hydrogen (secondary N) is 1. The van der Waals surface area contributed by atoms with E-state index in [1.807, 2.05) is 0 Å². The summed E-state index contributed by atoms with van der Waals surface area (Å²) < 4.78 is 0. The molecule has 4 atom stereocenters. The van der Waals surface area contributed by atoms with Crippen LogP contribution < -0.4 is 5.32 Å². The van der Waals surface area contributed by atoms with Gasteiger partial charge in [-0.15, -0.1) is 0 Å². The first kappa shape index (κ1) is 62.5. The van der Waals surface area contributed by atoms with E-state index in [-0.39, 0.29) is 0 Å². The molecule has 0 saturated heterocycles. The number of hydrogen-bond donors (Lipinski definition) is 5. The van der Waals surface area contributed by atoms with Gasteiger partial charge in [-0.05, 0) is 64.2 Å². The van der Waals surface area contributed by atoms with Crippen molar-refractivity contribution in [3.8, 4) is 0 Å². The van der Waals surface area contributed by atoms with E-state index in [1.54, 1.807) is 0 Å². The SMILES string of the molecule is CCCCCCCCCCCCCCCCCCCC/C=C/CC/C=C/CC/C=C/CCCC(O)C(O)C(CO)NC(=O)C(O)CCCCCCCCCCCCCCCCCCC. The Bertz CT molecular complexity index is 1010. The fourth-order valence-corrected chi connectivity index (χ4v) is 8.85. The highest BCUT2D eigenvalue weighted by atomic mass is 16.3. The van der Waals surface area contributed by atoms with Gasteiger partial charge in [-0.25, -0.2) is 0 Å². The summed E-state index contributed by atoms with van der Waals surface area (Å²) in [6, 6.07) is -1.01. The molecule has 0 aliphatic rings. The van der Waals surface area contributed by atoms with E-state index in [9.17, 15) is 25.2 Å². The van der Waals surface area contributed by atoms with Crippen molar-refractivity contribution in [1.82, 2.24) is 5.32 Å². The van der Waals surface area contributed by atoms with Crippen molar-refractivity contribution in [3.63, 3.8) is 0 Å². The molecular weight excluding hydrogens is 791 g/mol. The summed E-state index contributed by atoms with van der Waals surface area (Å²) in [4.78, 5) is 12.6. The third-order valence-corrected chi connectivity index (χ3v) is 13.3. The third kappa shape index (κ3) is 45.7. The molecule has 0 aromatic carbocycles. The predicted molar refractivity (Wildman–Crippen MR) is 279 cm³/mol. The molecule has 1 amide bonds. The maximum absolute atomic E-state index is 12.6. The summed E-state index contributed by atoms with van der Waals surface area (Å²) in [6.07, 6.45) is 65.1. The second-order valence-electron chi connectivity index (χ2n) is 19.6. The lowest BCUT2D eigenvalue weighted by atomic mass is 10.00. The normalized spacial score (nSPS) is 14.0. The van der Waals surface area contributed by atoms with E-state index < -0.39 is 36.9 Å². The Balaban J connectivity index is 3.68. The molecule has 5 N–H and O–H groups in total. The fourth-order valence-electron chi connectivity index (χ4n) is 8.85. The molecule has 6 heteroatoms. The van der Waals surface area contributed by atoms with Crippen LogP contribution in [0.15, 0.2) is 36.5 Å². The number of unbranched alkanes of at least 4 members (excludes halogenated alkanes) is 37. The van der Waals surface area contributed by atoms with E-state index in [2.05, 4.69) is 55.6 Å². The van der Waals surface area contributed by atoms with Crippen LogP contribution in [-0.4, -0.2) is 57.3 Å². The van der Waals surface area contributed by atoms with Crippen molar-refractivity contribution in [1.29, 1.82) is 0 Å². The molecule has 0 spiro atoms. The number of aliphatic hydroxyl groups excluding tert-OH is 4. The number of carbonyl (C=O) groups excluding carboxylic acids is 1. The van der Waals surface area contributed by atoms with Gasteiger partial charge in [-0.3, -0.25) is 4.79 Å². The quantitative estimate of drug-likeness (QED) is 0.0309. The first-order valence-corrected chi connectivity index (χ1v) is 28.4. The van der Waals surface area contributed by atoms with Crippen LogP contribution in [0.3, 0.4) is 0 Å². The summed E-state index contributed by atoms with van der Waals surface area (Å²) in [6.45, 7) is 4.07. The van der Waals surface area contributed by atoms with Crippen molar-refractivity contribution in [2.45, 2.75) is 321 Å². The monoisotopic (exact) mass is 902 g/mol. The lowest BCUT2D eigenvalue weighted by molar-refractivity contribution is -0.132. The molecule has 64 heavy (non-hydrogen) atoms. The molecule has 0 aliphatic heterocycles. The summed E-state index contributed by atoms with van der Waals surface area (Å²) in [5, 5.41) is 43.9. The van der Waals surface area contributed by atoms with Gasteiger partial charge in [-0.1, -0.05) is 269 Å². The third-order valence-electron chi connectivity index (χ3n) is 13.3. The Kier molecular flexibility index (Phi) is 51.3. The standard InChI is InChI=1S/C58H111NO5/c1-3-5-7-9-11-13-15-17-19-21-22-23-24-25-26-27-28-29-30-31-32-33-34-36-37-39-41-43-45-47-49-51-55(61)57(63)54(53-60)59-58(64)56(62)52-50-48-46-44-42-40-38-35-20-18-16-14-12-10-8-6-4-2/h31-32,36-37,43,45,54-57,60-63H,3-30,33-35,38-42,44,46-53H2,1-2H3,(H,59,64)/b32-31+,37-36+,45-43+. The highest BCUT2D eigenvalue weighted by Crippen LogP contribution is 2.17. The van der Waals surface area contributed by atoms with Crippen LogP contribution in [0.1, 0.15) is 296 Å². The largest absolute Gasteiger partial charge is 0.394 e. The minimum atomic E-state index is -1.29. The minimum Gasteiger partial charge on any atom is -0.394 e. The molecule has 0 radical (unpaired) electrons. The van der Waals surface area contributed by atoms with Crippen LogP contribution in [0, 0.1) is 0 Å². The van der Waals surface area contributed by atoms with Gasteiger partial charge >= 0.3 is 0 Å². The summed E-state index contributed by atoms with van der Waals surface area (Å²) >= 11 is 0. The van der Waals surface area contributed by atoms with E-state index in [0.29, 0.717) is 19.3 Å². The molecule has 0 aromatic rings. The Morgan fingerprint density at radius 3 is 0.984 bits per heavy atom. The van der Waals surface area contributed by atoms with Crippen molar-refractivity contribution in [3.05, 3.63) is 36.5 Å². The van der Waals surface area contributed by atoms with E-state index in [0.717, 1.165) is 51.4 Å². The molecule has 378 valence electrons. The fraction of sp³-hybridized carbons (Fsp3) is 0.879. The van der Waals surface area contributed by atoms with Crippen LogP contribution in [0.2, 0.25) is 0 Å². The number of allylic oxidation sites excluding steroid dienone is 6. The van der Waals surface area contributed by atoms with E-state index in [1.165, 1.54) is 212 Å². The van der Waals surface area contributed by atoms with Gasteiger partial charge in [0, 0.05) is 0 Å². The first-order chi connectivity index (χ1) is 31.5. The van der Waals surface area contributed by atoms with Gasteiger partial charge in [-0.2, -0.15) is 0 Å². The highest BCUT2D eigenvalue weighted by molar-refractivity contribution is 5.80. The van der Waals surface area contributed by atoms with Crippen molar-refractivity contribution in [2.75, 3.05) is 6.61 Å². The van der Waals surface area contributed by atoms with Crippen LogP contribution in [0.25, 0.3) is 0 Å². The van der Waals surface area contributed by atoms with Gasteiger partial charge in [0.2, 0.25) is 5.91 Å². The Morgan fingerprint density at radius 1 is 0.375 bits per heavy atom. The van der Waals surface area contributed by atoms with E-state index in [4.69, 9.17) is 0 Å². The van der Waals surface area contributed by atoms with E-state index >= 15 is 0 Å². The highest BCUT2D eigenvalue weighted by Gasteiger charge is 2.28. The van der Waals surface area contributed by atoms with Crippen molar-refractivity contribution < 1.29 is 25.2 Å². The number of aliphatic hydroxyl groups is 4. The maximum Gasteiger partial charge on any atom is 0.249 e. The number of amides is 1. The molecule has 0 saturated carbocycles. The Hall–Kier alpha value is -1.47. The van der Waals surface area contributed by atoms with Crippen LogP contribution in [0.5, 0.6) is 0 Å². The van der Waals surface area contributed by atoms with Crippen LogP contribution >= 0.6 is 0 Å². The van der Waals surface area contributed by atoms with Gasteiger partial charge in [0.1, 0.15) is 12.2 Å². The van der Waals surface area contributed by atoms with Gasteiger partial charge in [0.15, 0.2) is 0 Å². The molecule has 0 aliphatic carbocycles. The number of hydrogen-bond acceptors (Lipinski definition) is 5. The maximum atomic E-state index is 12.6. The Morgan fingerprint density at radius 2 is 0.656 bits per heavy atom. The molecule has 0 heterocycles. The number of rotatable bonds is 52. The second kappa shape index (κ2) is 52.5. The topological polar surface area (TPSA) is 110 Å². The Labute approximate surface area is 398 Å². The van der Waals surface area contributed by atoms with Crippen molar-refractivity contribution >= 4 is 5.91 Å². The molecule has 6 nitrogen and oxygen atoms in total. The lowest BCUT2D eigenvalue weighted by Crippen LogP contribution is -2.53. The molecular formula is C58H111NO5. The van der Waals surface area contributed by atoms with Gasteiger partial charge in [0.05, 0.1) is 18.8 Å². The van der Waals surface area contributed by atoms with Crippen molar-refractivity contribution in [2.24, 2.45) is 0 Å². The minimum absolute atomic E-state index is 0.361. The molecule has 0 bridgehead atoms. The average molecular weight is 903 g/mol. The summed E-state index contributed by atoms with van der Waals surface area (Å²) in [7, 11) is 0. The first-order valence-electron chi connectivity index (χ1n) is 28.4. The average Bonchev–Trinajstić information content (AvgIpc) is 3.30.